The van der Waals surface area contributed by atoms with Crippen molar-refractivity contribution in [2.75, 3.05) is 26.2 Å². The van der Waals surface area contributed by atoms with Crippen LogP contribution in [0, 0.1) is 6.92 Å². The molecule has 1 saturated heterocycles. The van der Waals surface area contributed by atoms with Gasteiger partial charge in [-0.2, -0.15) is 0 Å². The number of benzene rings is 2. The molecule has 4 heteroatoms. The number of hydrogen-bond acceptors (Lipinski definition) is 4. The summed E-state index contributed by atoms with van der Waals surface area (Å²) in [6, 6.07) is 16.4. The van der Waals surface area contributed by atoms with Crippen LogP contribution in [0.15, 0.2) is 48.5 Å². The summed E-state index contributed by atoms with van der Waals surface area (Å²) in [4.78, 5) is 4.86. The number of para-hydroxylation sites is 1. The summed E-state index contributed by atoms with van der Waals surface area (Å²) in [5.74, 6) is 0.364. The van der Waals surface area contributed by atoms with Crippen LogP contribution in [-0.2, 0) is 13.1 Å². The first-order valence-electron chi connectivity index (χ1n) is 9.06. The Hall–Kier alpha value is -1.88. The normalized spacial score (nSPS) is 19.2. The third-order valence-electron chi connectivity index (χ3n) is 5.17. The predicted octanol–water partition coefficient (Wildman–Crippen LogP) is 2.77. The summed E-state index contributed by atoms with van der Waals surface area (Å²) >= 11 is 0. The van der Waals surface area contributed by atoms with Gasteiger partial charge in [0.1, 0.15) is 5.75 Å². The molecule has 134 valence electrons. The molecule has 0 aromatic heterocycles. The van der Waals surface area contributed by atoms with Crippen LogP contribution in [0.2, 0.25) is 0 Å². The van der Waals surface area contributed by atoms with Gasteiger partial charge in [0, 0.05) is 50.9 Å². The minimum Gasteiger partial charge on any atom is -0.508 e. The van der Waals surface area contributed by atoms with E-state index in [9.17, 15) is 10.2 Å². The number of hydrogen-bond donors (Lipinski definition) is 2. The fourth-order valence-electron chi connectivity index (χ4n) is 3.62. The second kappa shape index (κ2) is 8.48. The fraction of sp³-hybridized carbons (Fsp3) is 0.429. The minimum atomic E-state index is 0.208. The monoisotopic (exact) mass is 340 g/mol. The number of phenols is 1. The summed E-state index contributed by atoms with van der Waals surface area (Å²) < 4.78 is 0. The van der Waals surface area contributed by atoms with Crippen molar-refractivity contribution in [3.05, 3.63) is 65.2 Å². The van der Waals surface area contributed by atoms with Crippen molar-refractivity contribution < 1.29 is 10.2 Å². The zero-order valence-corrected chi connectivity index (χ0v) is 14.9. The summed E-state index contributed by atoms with van der Waals surface area (Å²) in [6.45, 7) is 6.92. The van der Waals surface area contributed by atoms with Gasteiger partial charge in [0.2, 0.25) is 0 Å². The highest BCUT2D eigenvalue weighted by molar-refractivity contribution is 5.31. The van der Waals surface area contributed by atoms with Crippen molar-refractivity contribution in [3.8, 4) is 5.75 Å². The smallest absolute Gasteiger partial charge is 0.120 e. The number of nitrogens with zero attached hydrogens (tertiary/aromatic N) is 2. The highest BCUT2D eigenvalue weighted by atomic mass is 16.3. The summed E-state index contributed by atoms with van der Waals surface area (Å²) in [5, 5.41) is 19.5. The molecule has 0 radical (unpaired) electrons. The third-order valence-corrected chi connectivity index (χ3v) is 5.17. The van der Waals surface area contributed by atoms with Gasteiger partial charge in [0.25, 0.3) is 0 Å². The van der Waals surface area contributed by atoms with Crippen LogP contribution in [-0.4, -0.2) is 52.3 Å². The molecule has 4 nitrogen and oxygen atoms in total. The molecule has 0 saturated carbocycles. The number of aliphatic hydroxyl groups excluding tert-OH is 1. The number of aliphatic hydroxyl groups is 1. The maximum absolute atomic E-state index is 10.0. The number of rotatable bonds is 6. The van der Waals surface area contributed by atoms with Crippen molar-refractivity contribution in [3.63, 3.8) is 0 Å². The summed E-state index contributed by atoms with van der Waals surface area (Å²) in [7, 11) is 0. The van der Waals surface area contributed by atoms with Crippen LogP contribution >= 0.6 is 0 Å². The Labute approximate surface area is 150 Å². The van der Waals surface area contributed by atoms with Crippen molar-refractivity contribution in [1.82, 2.24) is 9.80 Å². The van der Waals surface area contributed by atoms with Gasteiger partial charge >= 0.3 is 0 Å². The second-order valence-electron chi connectivity index (χ2n) is 6.93. The Morgan fingerprint density at radius 2 is 1.68 bits per heavy atom. The summed E-state index contributed by atoms with van der Waals surface area (Å²) in [6.07, 6.45) is 0.781. The van der Waals surface area contributed by atoms with E-state index in [1.807, 2.05) is 18.2 Å². The predicted molar refractivity (Wildman–Crippen MR) is 100 cm³/mol. The topological polar surface area (TPSA) is 46.9 Å². The van der Waals surface area contributed by atoms with Gasteiger partial charge in [-0.3, -0.25) is 9.80 Å². The molecular weight excluding hydrogens is 312 g/mol. The van der Waals surface area contributed by atoms with Crippen LogP contribution in [0.4, 0.5) is 0 Å². The van der Waals surface area contributed by atoms with Gasteiger partial charge in [-0.1, -0.05) is 42.5 Å². The number of phenolic OH excluding ortho intramolecular Hbond substituents is 1. The van der Waals surface area contributed by atoms with Crippen LogP contribution in [0.3, 0.4) is 0 Å². The first kappa shape index (κ1) is 17.9. The van der Waals surface area contributed by atoms with Crippen molar-refractivity contribution >= 4 is 0 Å². The van der Waals surface area contributed by atoms with E-state index >= 15 is 0 Å². The quantitative estimate of drug-likeness (QED) is 0.849. The molecule has 1 aliphatic rings. The van der Waals surface area contributed by atoms with Gasteiger partial charge in [0.05, 0.1) is 0 Å². The van der Waals surface area contributed by atoms with Crippen molar-refractivity contribution in [1.29, 1.82) is 0 Å². The van der Waals surface area contributed by atoms with E-state index < -0.39 is 0 Å². The molecule has 0 amide bonds. The molecule has 1 atom stereocenters. The van der Waals surface area contributed by atoms with E-state index in [-0.39, 0.29) is 6.61 Å². The number of aryl methyl sites for hydroxylation is 1. The lowest BCUT2D eigenvalue weighted by Gasteiger charge is -2.41. The lowest BCUT2D eigenvalue weighted by molar-refractivity contribution is 0.0495. The standard InChI is InChI=1S/C21H28N2O2/c1-17-6-2-3-7-18(17)15-23-12-11-22(16-20(23)10-13-24)14-19-8-4-5-9-21(19)25/h2-9,20,24-25H,10-16H2,1H3. The molecule has 2 aromatic carbocycles. The average molecular weight is 340 g/mol. The van der Waals surface area contributed by atoms with Gasteiger partial charge in [-0.15, -0.1) is 0 Å². The molecule has 25 heavy (non-hydrogen) atoms. The third kappa shape index (κ3) is 4.60. The first-order valence-corrected chi connectivity index (χ1v) is 9.06. The van der Waals surface area contributed by atoms with E-state index in [1.165, 1.54) is 11.1 Å². The lowest BCUT2D eigenvalue weighted by atomic mass is 10.0. The van der Waals surface area contributed by atoms with Crippen molar-refractivity contribution in [2.45, 2.75) is 32.5 Å². The largest absolute Gasteiger partial charge is 0.508 e. The molecule has 0 aliphatic carbocycles. The second-order valence-corrected chi connectivity index (χ2v) is 6.93. The minimum absolute atomic E-state index is 0.208. The zero-order valence-electron chi connectivity index (χ0n) is 14.9. The van der Waals surface area contributed by atoms with E-state index in [2.05, 4.69) is 41.0 Å². The molecule has 1 fully saturated rings. The van der Waals surface area contributed by atoms with E-state index in [0.717, 1.165) is 44.7 Å². The number of aromatic hydroxyl groups is 1. The first-order chi connectivity index (χ1) is 12.2. The highest BCUT2D eigenvalue weighted by Gasteiger charge is 2.27. The molecule has 3 rings (SSSR count). The highest BCUT2D eigenvalue weighted by Crippen LogP contribution is 2.22. The van der Waals surface area contributed by atoms with Crippen LogP contribution in [0.1, 0.15) is 23.1 Å². The van der Waals surface area contributed by atoms with Gasteiger partial charge in [0.15, 0.2) is 0 Å². The molecule has 0 bridgehead atoms. The average Bonchev–Trinajstić information content (AvgIpc) is 2.61. The van der Waals surface area contributed by atoms with Gasteiger partial charge in [-0.25, -0.2) is 0 Å². The maximum atomic E-state index is 10.0. The fourth-order valence-corrected chi connectivity index (χ4v) is 3.62. The molecule has 2 N–H and O–H groups in total. The molecule has 1 aliphatic heterocycles. The molecular formula is C21H28N2O2. The molecule has 0 spiro atoms. The Kier molecular flexibility index (Phi) is 6.08. The zero-order chi connectivity index (χ0) is 17.6. The van der Waals surface area contributed by atoms with Crippen LogP contribution < -0.4 is 0 Å². The maximum Gasteiger partial charge on any atom is 0.120 e. The number of piperazine rings is 1. The Bertz CT molecular complexity index is 689. The van der Waals surface area contributed by atoms with E-state index in [0.29, 0.717) is 11.8 Å². The van der Waals surface area contributed by atoms with Crippen molar-refractivity contribution in [2.24, 2.45) is 0 Å². The van der Waals surface area contributed by atoms with E-state index in [1.54, 1.807) is 6.07 Å². The Balaban J connectivity index is 1.66. The Morgan fingerprint density at radius 3 is 2.40 bits per heavy atom. The van der Waals surface area contributed by atoms with Crippen LogP contribution in [0.25, 0.3) is 0 Å². The molecule has 1 unspecified atom stereocenters. The SMILES string of the molecule is Cc1ccccc1CN1CCN(Cc2ccccc2O)CC1CCO. The van der Waals surface area contributed by atoms with Crippen LogP contribution in [0.5, 0.6) is 5.75 Å². The van der Waals surface area contributed by atoms with Gasteiger partial charge < -0.3 is 10.2 Å². The molecule has 2 aromatic rings. The molecule has 1 heterocycles. The lowest BCUT2D eigenvalue weighted by Crippen LogP contribution is -2.52. The van der Waals surface area contributed by atoms with Gasteiger partial charge in [-0.05, 0) is 30.5 Å². The van der Waals surface area contributed by atoms with E-state index in [4.69, 9.17) is 0 Å². The summed E-state index contributed by atoms with van der Waals surface area (Å²) in [5.41, 5.74) is 3.65. The Morgan fingerprint density at radius 1 is 0.960 bits per heavy atom.